The Morgan fingerprint density at radius 1 is 1.17 bits per heavy atom. The van der Waals surface area contributed by atoms with E-state index >= 15 is 0 Å². The number of urea groups is 1. The molecule has 2 aliphatic rings. The fourth-order valence-electron chi connectivity index (χ4n) is 3.65. The van der Waals surface area contributed by atoms with Crippen molar-refractivity contribution < 1.29 is 4.79 Å². The van der Waals surface area contributed by atoms with E-state index in [4.69, 9.17) is 0 Å². The zero-order valence-electron chi connectivity index (χ0n) is 13.6. The first-order valence-corrected chi connectivity index (χ1v) is 9.52. The molecule has 4 rings (SSSR count). The van der Waals surface area contributed by atoms with Gasteiger partial charge in [0, 0.05) is 30.7 Å². The van der Waals surface area contributed by atoms with E-state index in [-0.39, 0.29) is 12.1 Å². The average Bonchev–Trinajstić information content (AvgIpc) is 3.35. The van der Waals surface area contributed by atoms with Crippen molar-refractivity contribution in [1.29, 1.82) is 0 Å². The lowest BCUT2D eigenvalue weighted by atomic mass is 10.2. The van der Waals surface area contributed by atoms with Crippen LogP contribution in [0.15, 0.2) is 35.8 Å². The largest absolute Gasteiger partial charge is 0.355 e. The number of nitrogens with one attached hydrogen (secondary N) is 1. The van der Waals surface area contributed by atoms with Gasteiger partial charge in [0.05, 0.1) is 11.7 Å². The molecule has 4 heterocycles. The van der Waals surface area contributed by atoms with Crippen LogP contribution in [0.3, 0.4) is 0 Å². The molecule has 6 heteroatoms. The Hall–Kier alpha value is -2.08. The number of hydrogen-bond acceptors (Lipinski definition) is 4. The van der Waals surface area contributed by atoms with Gasteiger partial charge < -0.3 is 15.1 Å². The molecule has 0 unspecified atom stereocenters. The normalized spacial score (nSPS) is 20.6. The molecule has 5 nitrogen and oxygen atoms in total. The van der Waals surface area contributed by atoms with E-state index in [1.165, 1.54) is 17.7 Å². The molecule has 0 bridgehead atoms. The van der Waals surface area contributed by atoms with Crippen LogP contribution in [0.1, 0.15) is 36.6 Å². The molecule has 0 saturated carbocycles. The minimum atomic E-state index is -0.0145. The molecule has 126 valence electrons. The highest BCUT2D eigenvalue weighted by molar-refractivity contribution is 7.10. The smallest absolute Gasteiger partial charge is 0.322 e. The number of hydrogen-bond donors (Lipinski definition) is 1. The van der Waals surface area contributed by atoms with Gasteiger partial charge in [-0.05, 0) is 49.3 Å². The summed E-state index contributed by atoms with van der Waals surface area (Å²) in [7, 11) is 0. The van der Waals surface area contributed by atoms with Crippen LogP contribution in [-0.4, -0.2) is 35.5 Å². The van der Waals surface area contributed by atoms with Gasteiger partial charge in [0.2, 0.25) is 0 Å². The summed E-state index contributed by atoms with van der Waals surface area (Å²) >= 11 is 1.73. The number of rotatable bonds is 3. The van der Waals surface area contributed by atoms with Crippen molar-refractivity contribution in [3.8, 4) is 0 Å². The number of nitrogens with zero attached hydrogens (tertiary/aromatic N) is 3. The number of anilines is 2. The van der Waals surface area contributed by atoms with Crippen LogP contribution >= 0.6 is 11.3 Å². The highest BCUT2D eigenvalue weighted by Crippen LogP contribution is 2.35. The van der Waals surface area contributed by atoms with E-state index < -0.39 is 0 Å². The molecule has 1 atom stereocenters. The van der Waals surface area contributed by atoms with Gasteiger partial charge >= 0.3 is 6.03 Å². The lowest BCUT2D eigenvalue weighted by Gasteiger charge is -2.26. The van der Waals surface area contributed by atoms with Crippen LogP contribution in [0.5, 0.6) is 0 Å². The predicted molar refractivity (Wildman–Crippen MR) is 97.7 cm³/mol. The molecule has 2 fully saturated rings. The van der Waals surface area contributed by atoms with E-state index in [9.17, 15) is 4.79 Å². The Morgan fingerprint density at radius 2 is 2.04 bits per heavy atom. The lowest BCUT2D eigenvalue weighted by molar-refractivity contribution is 0.208. The number of carbonyl (C=O) groups is 1. The van der Waals surface area contributed by atoms with Gasteiger partial charge in [0.15, 0.2) is 5.82 Å². The van der Waals surface area contributed by atoms with Crippen LogP contribution in [0.2, 0.25) is 0 Å². The third-order valence-corrected chi connectivity index (χ3v) is 5.79. The zero-order valence-corrected chi connectivity index (χ0v) is 14.5. The maximum absolute atomic E-state index is 12.9. The summed E-state index contributed by atoms with van der Waals surface area (Å²) in [6, 6.07) is 8.21. The van der Waals surface area contributed by atoms with Gasteiger partial charge in [0.1, 0.15) is 0 Å². The predicted octanol–water partition coefficient (Wildman–Crippen LogP) is 4.11. The summed E-state index contributed by atoms with van der Waals surface area (Å²) in [4.78, 5) is 22.9. The van der Waals surface area contributed by atoms with Crippen LogP contribution in [-0.2, 0) is 0 Å². The Labute approximate surface area is 146 Å². The second kappa shape index (κ2) is 6.81. The second-order valence-corrected chi connectivity index (χ2v) is 7.34. The van der Waals surface area contributed by atoms with Gasteiger partial charge in [-0.3, -0.25) is 0 Å². The molecule has 0 spiro atoms. The molecule has 0 aliphatic carbocycles. The van der Waals surface area contributed by atoms with Crippen molar-refractivity contribution in [1.82, 2.24) is 9.88 Å². The van der Waals surface area contributed by atoms with Crippen molar-refractivity contribution in [2.24, 2.45) is 0 Å². The first-order valence-electron chi connectivity index (χ1n) is 8.64. The standard InChI is InChI=1S/C18H22N4OS/c23-18(22-12-4-7-15(22)16-8-5-13-24-16)20-14-6-3-9-19-17(14)21-10-1-2-11-21/h3,5-6,8-9,13,15H,1-2,4,7,10-12H2,(H,20,23)/t15-/m1/s1. The molecule has 2 aliphatic heterocycles. The van der Waals surface area contributed by atoms with Crippen LogP contribution in [0.25, 0.3) is 0 Å². The Bertz CT molecular complexity index is 697. The molecular weight excluding hydrogens is 320 g/mol. The summed E-state index contributed by atoms with van der Waals surface area (Å²) in [5.41, 5.74) is 0.821. The second-order valence-electron chi connectivity index (χ2n) is 6.37. The van der Waals surface area contributed by atoms with Crippen LogP contribution < -0.4 is 10.2 Å². The number of amides is 2. The number of carbonyl (C=O) groups excluding carboxylic acids is 1. The van der Waals surface area contributed by atoms with Crippen molar-refractivity contribution in [3.05, 3.63) is 40.7 Å². The first kappa shape index (κ1) is 15.4. The number of likely N-dealkylation sites (tertiary alicyclic amines) is 1. The Balaban J connectivity index is 1.52. The Morgan fingerprint density at radius 3 is 2.83 bits per heavy atom. The summed E-state index contributed by atoms with van der Waals surface area (Å²) in [5.74, 6) is 0.898. The summed E-state index contributed by atoms with van der Waals surface area (Å²) in [6.45, 7) is 2.84. The van der Waals surface area contributed by atoms with Gasteiger partial charge in [-0.1, -0.05) is 6.07 Å². The monoisotopic (exact) mass is 342 g/mol. The van der Waals surface area contributed by atoms with Gasteiger partial charge in [-0.2, -0.15) is 0 Å². The topological polar surface area (TPSA) is 48.5 Å². The Kier molecular flexibility index (Phi) is 4.38. The summed E-state index contributed by atoms with van der Waals surface area (Å²) in [5, 5.41) is 5.19. The molecular formula is C18H22N4OS. The lowest BCUT2D eigenvalue weighted by Crippen LogP contribution is -2.34. The fourth-order valence-corrected chi connectivity index (χ4v) is 4.52. The number of aromatic nitrogens is 1. The van der Waals surface area contributed by atoms with Gasteiger partial charge in [-0.15, -0.1) is 11.3 Å². The SMILES string of the molecule is O=C(Nc1cccnc1N1CCCC1)N1CCC[C@@H]1c1cccs1. The third kappa shape index (κ3) is 2.98. The molecule has 1 N–H and O–H groups in total. The van der Waals surface area contributed by atoms with E-state index in [0.29, 0.717) is 0 Å². The third-order valence-electron chi connectivity index (χ3n) is 4.82. The highest BCUT2D eigenvalue weighted by Gasteiger charge is 2.31. The quantitative estimate of drug-likeness (QED) is 0.913. The fraction of sp³-hybridized carbons (Fsp3) is 0.444. The maximum atomic E-state index is 12.9. The summed E-state index contributed by atoms with van der Waals surface area (Å²) in [6.07, 6.45) is 6.28. The minimum Gasteiger partial charge on any atom is -0.355 e. The summed E-state index contributed by atoms with van der Waals surface area (Å²) < 4.78 is 0. The highest BCUT2D eigenvalue weighted by atomic mass is 32.1. The maximum Gasteiger partial charge on any atom is 0.322 e. The molecule has 2 amide bonds. The van der Waals surface area contributed by atoms with Crippen LogP contribution in [0.4, 0.5) is 16.3 Å². The van der Waals surface area contributed by atoms with Crippen molar-refractivity contribution in [2.45, 2.75) is 31.7 Å². The zero-order chi connectivity index (χ0) is 16.4. The van der Waals surface area contributed by atoms with E-state index in [1.807, 2.05) is 17.0 Å². The molecule has 2 saturated heterocycles. The van der Waals surface area contributed by atoms with Crippen molar-refractivity contribution in [2.75, 3.05) is 29.9 Å². The van der Waals surface area contributed by atoms with E-state index in [2.05, 4.69) is 32.7 Å². The van der Waals surface area contributed by atoms with Gasteiger partial charge in [0.25, 0.3) is 0 Å². The first-order chi connectivity index (χ1) is 11.8. The van der Waals surface area contributed by atoms with Crippen molar-refractivity contribution in [3.63, 3.8) is 0 Å². The average molecular weight is 342 g/mol. The molecule has 2 aromatic heterocycles. The minimum absolute atomic E-state index is 0.0145. The molecule has 2 aromatic rings. The number of thiophene rings is 1. The molecule has 24 heavy (non-hydrogen) atoms. The number of pyridine rings is 1. The van der Waals surface area contributed by atoms with E-state index in [0.717, 1.165) is 44.0 Å². The van der Waals surface area contributed by atoms with Crippen molar-refractivity contribution >= 4 is 28.9 Å². The van der Waals surface area contributed by atoms with Crippen LogP contribution in [0, 0.1) is 0 Å². The van der Waals surface area contributed by atoms with E-state index in [1.54, 1.807) is 17.5 Å². The molecule has 0 radical (unpaired) electrons. The van der Waals surface area contributed by atoms with Gasteiger partial charge in [-0.25, -0.2) is 9.78 Å². The molecule has 0 aromatic carbocycles.